The third kappa shape index (κ3) is 4.43. The third-order valence-electron chi connectivity index (χ3n) is 6.70. The van der Waals surface area contributed by atoms with Gasteiger partial charge in [-0.15, -0.1) is 10.2 Å². The van der Waals surface area contributed by atoms with Crippen LogP contribution in [0.3, 0.4) is 0 Å². The molecule has 4 heterocycles. The van der Waals surface area contributed by atoms with Gasteiger partial charge in [0.2, 0.25) is 10.0 Å². The Labute approximate surface area is 218 Å². The molecule has 0 unspecified atom stereocenters. The first-order chi connectivity index (χ1) is 18.3. The van der Waals surface area contributed by atoms with E-state index in [2.05, 4.69) is 15.2 Å². The number of carboxylic acid groups (broad SMARTS) is 1. The highest BCUT2D eigenvalue weighted by Crippen LogP contribution is 2.34. The number of hydrogen-bond donors (Lipinski definition) is 2. The van der Waals surface area contributed by atoms with Gasteiger partial charge in [-0.1, -0.05) is 13.8 Å². The summed E-state index contributed by atoms with van der Waals surface area (Å²) in [6.45, 7) is 5.01. The van der Waals surface area contributed by atoms with Crippen molar-refractivity contribution in [3.63, 3.8) is 0 Å². The van der Waals surface area contributed by atoms with Gasteiger partial charge in [-0.25, -0.2) is 22.6 Å². The van der Waals surface area contributed by atoms with Crippen molar-refractivity contribution in [1.29, 1.82) is 0 Å². The molecule has 0 spiro atoms. The summed E-state index contributed by atoms with van der Waals surface area (Å²) in [5, 5.41) is 17.2. The lowest BCUT2D eigenvalue weighted by Gasteiger charge is -2.29. The van der Waals surface area contributed by atoms with Crippen LogP contribution in [0.2, 0.25) is 0 Å². The average molecular weight is 544 g/mol. The van der Waals surface area contributed by atoms with Gasteiger partial charge >= 0.3 is 11.7 Å². The van der Waals surface area contributed by atoms with E-state index < -0.39 is 21.9 Å². The minimum atomic E-state index is -3.90. The number of carbonyl (C=O) groups is 1. The van der Waals surface area contributed by atoms with Crippen LogP contribution in [-0.4, -0.2) is 72.6 Å². The van der Waals surface area contributed by atoms with Crippen LogP contribution in [0.4, 0.5) is 0 Å². The molecule has 5 rings (SSSR count). The van der Waals surface area contributed by atoms with Crippen LogP contribution in [0.15, 0.2) is 34.2 Å². The van der Waals surface area contributed by atoms with E-state index in [1.54, 1.807) is 6.07 Å². The summed E-state index contributed by atoms with van der Waals surface area (Å²) in [6.07, 6.45) is 3.30. The summed E-state index contributed by atoms with van der Waals surface area (Å²) in [5.74, 6) is -0.688. The maximum atomic E-state index is 13.5. The number of fused-ring (bicyclic) bond motifs is 3. The number of imidazole rings is 1. The maximum Gasteiger partial charge on any atom is 0.336 e. The second-order valence-electron chi connectivity index (χ2n) is 9.27. The molecule has 0 amide bonds. The van der Waals surface area contributed by atoms with Crippen LogP contribution in [0.1, 0.15) is 39.5 Å². The lowest BCUT2D eigenvalue weighted by Crippen LogP contribution is -2.40. The molecule has 0 bridgehead atoms. The molecule has 2 N–H and O–H groups in total. The van der Waals surface area contributed by atoms with Gasteiger partial charge in [-0.2, -0.15) is 4.31 Å². The molecule has 3 aromatic heterocycles. The van der Waals surface area contributed by atoms with Crippen LogP contribution in [0, 0.1) is 5.92 Å². The summed E-state index contributed by atoms with van der Waals surface area (Å²) >= 11 is 0. The number of nitrogens with one attached hydrogen (secondary N) is 1. The Kier molecular flexibility index (Phi) is 6.92. The SMILES string of the molecule is CCCOc1ccc(S(=O)(=O)N2CCC(C(=O)O)CC2)cc1-c1nc2c([nH]1)c1nncn1c(=O)n2CCC. The number of aryl methyl sites for hydroxylation is 1. The van der Waals surface area contributed by atoms with Crippen molar-refractivity contribution < 1.29 is 23.1 Å². The highest BCUT2D eigenvalue weighted by Gasteiger charge is 2.32. The molecule has 38 heavy (non-hydrogen) atoms. The average Bonchev–Trinajstić information content (AvgIpc) is 3.58. The highest BCUT2D eigenvalue weighted by molar-refractivity contribution is 7.89. The van der Waals surface area contributed by atoms with Gasteiger partial charge in [0.25, 0.3) is 0 Å². The number of carboxylic acids is 1. The smallest absolute Gasteiger partial charge is 0.336 e. The van der Waals surface area contributed by atoms with Crippen molar-refractivity contribution in [3.05, 3.63) is 35.0 Å². The Hall–Kier alpha value is -3.78. The van der Waals surface area contributed by atoms with E-state index in [-0.39, 0.29) is 36.5 Å². The zero-order chi connectivity index (χ0) is 27.0. The van der Waals surface area contributed by atoms with E-state index in [1.807, 2.05) is 13.8 Å². The fourth-order valence-electron chi connectivity index (χ4n) is 4.72. The second-order valence-corrected chi connectivity index (χ2v) is 11.2. The first-order valence-corrected chi connectivity index (χ1v) is 14.0. The number of H-pyrrole nitrogens is 1. The Bertz CT molecular complexity index is 1660. The van der Waals surface area contributed by atoms with Gasteiger partial charge in [0.05, 0.1) is 23.0 Å². The van der Waals surface area contributed by atoms with Crippen molar-refractivity contribution in [3.8, 4) is 17.1 Å². The number of aliphatic carboxylic acids is 1. The number of rotatable bonds is 9. The molecule has 1 saturated heterocycles. The largest absolute Gasteiger partial charge is 0.493 e. The first-order valence-electron chi connectivity index (χ1n) is 12.6. The number of nitrogens with zero attached hydrogens (tertiary/aromatic N) is 6. The fourth-order valence-corrected chi connectivity index (χ4v) is 6.22. The summed E-state index contributed by atoms with van der Waals surface area (Å²) < 4.78 is 37.1. The van der Waals surface area contributed by atoms with E-state index >= 15 is 0 Å². The van der Waals surface area contributed by atoms with Crippen molar-refractivity contribution in [2.24, 2.45) is 5.92 Å². The van der Waals surface area contributed by atoms with E-state index in [9.17, 15) is 23.1 Å². The highest BCUT2D eigenvalue weighted by atomic mass is 32.2. The van der Waals surface area contributed by atoms with Gasteiger partial charge < -0.3 is 14.8 Å². The zero-order valence-corrected chi connectivity index (χ0v) is 21.9. The monoisotopic (exact) mass is 543 g/mol. The standard InChI is InChI=1S/C24H29N7O6S/c1-3-9-30-21-19(22-28-25-14-31(22)24(30)34)26-20(27-21)17-13-16(5-6-18(17)37-12-4-2)38(35,36)29-10-7-15(8-11-29)23(32)33/h5-6,13-15H,3-4,7-12H2,1-2H3,(H,26,27)(H,32,33). The van der Waals surface area contributed by atoms with Gasteiger partial charge in [0.1, 0.15) is 23.4 Å². The molecular formula is C24H29N7O6S. The van der Waals surface area contributed by atoms with E-state index in [4.69, 9.17) is 9.72 Å². The van der Waals surface area contributed by atoms with Crippen LogP contribution in [0.25, 0.3) is 28.2 Å². The van der Waals surface area contributed by atoms with Crippen molar-refractivity contribution in [2.75, 3.05) is 19.7 Å². The van der Waals surface area contributed by atoms with Crippen LogP contribution < -0.4 is 10.4 Å². The molecule has 14 heteroatoms. The molecule has 4 aromatic rings. The van der Waals surface area contributed by atoms with Gasteiger partial charge in [0, 0.05) is 19.6 Å². The molecule has 0 radical (unpaired) electrons. The Morgan fingerprint density at radius 3 is 2.63 bits per heavy atom. The predicted octanol–water partition coefficient (Wildman–Crippen LogP) is 2.12. The van der Waals surface area contributed by atoms with E-state index in [1.165, 1.54) is 31.7 Å². The van der Waals surface area contributed by atoms with E-state index in [0.717, 1.165) is 6.42 Å². The maximum absolute atomic E-state index is 13.5. The second kappa shape index (κ2) is 10.2. The fraction of sp³-hybridized carbons (Fsp3) is 0.458. The molecule has 1 aliphatic rings. The summed E-state index contributed by atoms with van der Waals surface area (Å²) in [7, 11) is -3.90. The van der Waals surface area contributed by atoms with Gasteiger partial charge in [-0.05, 0) is 43.9 Å². The minimum absolute atomic E-state index is 0.0455. The molecule has 0 aliphatic carbocycles. The molecule has 0 atom stereocenters. The summed E-state index contributed by atoms with van der Waals surface area (Å²) in [6, 6.07) is 4.59. The van der Waals surface area contributed by atoms with Crippen molar-refractivity contribution >= 4 is 32.8 Å². The number of aromatic amines is 1. The lowest BCUT2D eigenvalue weighted by atomic mass is 9.99. The van der Waals surface area contributed by atoms with Crippen LogP contribution >= 0.6 is 0 Å². The van der Waals surface area contributed by atoms with Crippen molar-refractivity contribution in [1.82, 2.24) is 33.4 Å². The lowest BCUT2D eigenvalue weighted by molar-refractivity contribution is -0.142. The number of aromatic nitrogens is 6. The molecule has 1 fully saturated rings. The minimum Gasteiger partial charge on any atom is -0.493 e. The number of benzene rings is 1. The molecule has 13 nitrogen and oxygen atoms in total. The van der Waals surface area contributed by atoms with E-state index in [0.29, 0.717) is 53.5 Å². The molecule has 0 saturated carbocycles. The normalized spacial score (nSPS) is 15.4. The molecule has 202 valence electrons. The summed E-state index contributed by atoms with van der Waals surface area (Å²) in [5.41, 5.74) is 1.30. The molecular weight excluding hydrogens is 514 g/mol. The number of hydrogen-bond acceptors (Lipinski definition) is 8. The third-order valence-corrected chi connectivity index (χ3v) is 8.60. The Balaban J connectivity index is 1.62. The number of sulfonamides is 1. The van der Waals surface area contributed by atoms with Gasteiger partial charge in [-0.3, -0.25) is 9.36 Å². The quantitative estimate of drug-likeness (QED) is 0.322. The Morgan fingerprint density at radius 1 is 1.18 bits per heavy atom. The molecule has 1 aliphatic heterocycles. The van der Waals surface area contributed by atoms with Gasteiger partial charge in [0.15, 0.2) is 11.3 Å². The number of piperidine rings is 1. The van der Waals surface area contributed by atoms with Crippen LogP contribution in [-0.2, 0) is 21.4 Å². The summed E-state index contributed by atoms with van der Waals surface area (Å²) in [4.78, 5) is 32.3. The Morgan fingerprint density at radius 2 is 1.95 bits per heavy atom. The van der Waals surface area contributed by atoms with Crippen LogP contribution in [0.5, 0.6) is 5.75 Å². The predicted molar refractivity (Wildman–Crippen MR) is 138 cm³/mol. The topological polar surface area (TPSA) is 165 Å². The first kappa shape index (κ1) is 25.9. The molecule has 1 aromatic carbocycles. The zero-order valence-electron chi connectivity index (χ0n) is 21.1. The van der Waals surface area contributed by atoms with Crippen molar-refractivity contribution in [2.45, 2.75) is 51.0 Å². The number of ether oxygens (including phenoxy) is 1.